The van der Waals surface area contributed by atoms with Crippen LogP contribution in [-0.4, -0.2) is 25.6 Å². The summed E-state index contributed by atoms with van der Waals surface area (Å²) in [6.07, 6.45) is 3.67. The van der Waals surface area contributed by atoms with Crippen molar-refractivity contribution in [2.45, 2.75) is 31.8 Å². The third-order valence-electron chi connectivity index (χ3n) is 3.18. The van der Waals surface area contributed by atoms with Gasteiger partial charge in [-0.15, -0.1) is 0 Å². The summed E-state index contributed by atoms with van der Waals surface area (Å²) in [6.45, 7) is 0.823. The van der Waals surface area contributed by atoms with Gasteiger partial charge in [0.15, 0.2) is 5.78 Å². The van der Waals surface area contributed by atoms with E-state index in [4.69, 9.17) is 21.1 Å². The molecule has 0 spiro atoms. The summed E-state index contributed by atoms with van der Waals surface area (Å²) >= 11 is 5.87. The van der Waals surface area contributed by atoms with Gasteiger partial charge in [0.2, 0.25) is 0 Å². The number of hydrogen-bond donors (Lipinski definition) is 0. The molecule has 98 valence electrons. The standard InChI is InChI=1S/C14H17ClO3/c1-17-14-9-10(15)4-6-12(14)13(16)7-5-11-3-2-8-18-11/h4,6,9,11H,2-3,5,7-8H2,1H3. The van der Waals surface area contributed by atoms with Crippen molar-refractivity contribution in [2.24, 2.45) is 0 Å². The maximum Gasteiger partial charge on any atom is 0.166 e. The smallest absolute Gasteiger partial charge is 0.166 e. The van der Waals surface area contributed by atoms with Gasteiger partial charge in [-0.1, -0.05) is 11.6 Å². The summed E-state index contributed by atoms with van der Waals surface area (Å²) in [6, 6.07) is 5.10. The Labute approximate surface area is 112 Å². The fourth-order valence-corrected chi connectivity index (χ4v) is 2.36. The van der Waals surface area contributed by atoms with Crippen LogP contribution in [0.5, 0.6) is 5.75 Å². The first-order valence-corrected chi connectivity index (χ1v) is 6.57. The van der Waals surface area contributed by atoms with Gasteiger partial charge in [-0.3, -0.25) is 4.79 Å². The predicted octanol–water partition coefficient (Wildman–Crippen LogP) is 3.49. The highest BCUT2D eigenvalue weighted by Crippen LogP contribution is 2.26. The fraction of sp³-hybridized carbons (Fsp3) is 0.500. The molecule has 0 saturated carbocycles. The molecule has 1 aliphatic rings. The number of hydrogen-bond acceptors (Lipinski definition) is 3. The molecular weight excluding hydrogens is 252 g/mol. The van der Waals surface area contributed by atoms with Crippen LogP contribution < -0.4 is 4.74 Å². The molecule has 0 aliphatic carbocycles. The minimum Gasteiger partial charge on any atom is -0.496 e. The number of methoxy groups -OCH3 is 1. The maximum absolute atomic E-state index is 12.1. The van der Waals surface area contributed by atoms with Crippen molar-refractivity contribution in [3.63, 3.8) is 0 Å². The molecule has 1 aromatic rings. The Balaban J connectivity index is 1.99. The number of carbonyl (C=O) groups is 1. The summed E-state index contributed by atoms with van der Waals surface area (Å²) in [5.41, 5.74) is 0.597. The lowest BCUT2D eigenvalue weighted by atomic mass is 10.0. The topological polar surface area (TPSA) is 35.5 Å². The van der Waals surface area contributed by atoms with Gasteiger partial charge in [-0.05, 0) is 37.5 Å². The largest absolute Gasteiger partial charge is 0.496 e. The molecule has 0 aromatic heterocycles. The SMILES string of the molecule is COc1cc(Cl)ccc1C(=O)CCC1CCCO1. The summed E-state index contributed by atoms with van der Waals surface area (Å²) in [5.74, 6) is 0.624. The maximum atomic E-state index is 12.1. The van der Waals surface area contributed by atoms with E-state index in [0.717, 1.165) is 25.9 Å². The first kappa shape index (κ1) is 13.4. The van der Waals surface area contributed by atoms with Crippen LogP contribution in [0.4, 0.5) is 0 Å². The Bertz CT molecular complexity index is 425. The minimum absolute atomic E-state index is 0.0824. The molecule has 4 heteroatoms. The second kappa shape index (κ2) is 6.21. The molecule has 3 nitrogen and oxygen atoms in total. The lowest BCUT2D eigenvalue weighted by Gasteiger charge is -2.10. The fourth-order valence-electron chi connectivity index (χ4n) is 2.19. The van der Waals surface area contributed by atoms with Gasteiger partial charge in [0.25, 0.3) is 0 Å². The highest BCUT2D eigenvalue weighted by Gasteiger charge is 2.19. The molecule has 1 atom stereocenters. The normalized spacial score (nSPS) is 18.9. The summed E-state index contributed by atoms with van der Waals surface area (Å²) in [4.78, 5) is 12.1. The van der Waals surface area contributed by atoms with Crippen LogP contribution in [0.2, 0.25) is 5.02 Å². The van der Waals surface area contributed by atoms with E-state index in [1.807, 2.05) is 0 Å². The van der Waals surface area contributed by atoms with Gasteiger partial charge in [-0.25, -0.2) is 0 Å². The molecule has 1 unspecified atom stereocenters. The van der Waals surface area contributed by atoms with E-state index in [2.05, 4.69) is 0 Å². The minimum atomic E-state index is 0.0824. The number of carbonyl (C=O) groups excluding carboxylic acids is 1. The monoisotopic (exact) mass is 268 g/mol. The van der Waals surface area contributed by atoms with E-state index in [1.165, 1.54) is 0 Å². The molecule has 0 N–H and O–H groups in total. The van der Waals surface area contributed by atoms with Crippen LogP contribution in [-0.2, 0) is 4.74 Å². The van der Waals surface area contributed by atoms with Crippen molar-refractivity contribution in [3.05, 3.63) is 28.8 Å². The van der Waals surface area contributed by atoms with Crippen molar-refractivity contribution in [1.82, 2.24) is 0 Å². The molecule has 1 aliphatic heterocycles. The Kier molecular flexibility index (Phi) is 4.61. The molecular formula is C14H17ClO3. The van der Waals surface area contributed by atoms with E-state index in [9.17, 15) is 4.79 Å². The van der Waals surface area contributed by atoms with Crippen molar-refractivity contribution < 1.29 is 14.3 Å². The van der Waals surface area contributed by atoms with E-state index in [-0.39, 0.29) is 11.9 Å². The average Bonchev–Trinajstić information content (AvgIpc) is 2.88. The number of Topliss-reactive ketones (excluding diaryl/α,β-unsaturated/α-hetero) is 1. The Morgan fingerprint density at radius 2 is 2.39 bits per heavy atom. The van der Waals surface area contributed by atoms with E-state index in [0.29, 0.717) is 22.8 Å². The van der Waals surface area contributed by atoms with Crippen molar-refractivity contribution in [1.29, 1.82) is 0 Å². The highest BCUT2D eigenvalue weighted by molar-refractivity contribution is 6.30. The number of ether oxygens (including phenoxy) is 2. The van der Waals surface area contributed by atoms with E-state index in [1.54, 1.807) is 25.3 Å². The number of benzene rings is 1. The molecule has 1 heterocycles. The lowest BCUT2D eigenvalue weighted by molar-refractivity contribution is 0.0857. The van der Waals surface area contributed by atoms with E-state index < -0.39 is 0 Å². The number of ketones is 1. The summed E-state index contributed by atoms with van der Waals surface area (Å²) < 4.78 is 10.7. The van der Waals surface area contributed by atoms with Crippen LogP contribution in [0.1, 0.15) is 36.0 Å². The molecule has 0 amide bonds. The molecule has 1 fully saturated rings. The van der Waals surface area contributed by atoms with Crippen LogP contribution >= 0.6 is 11.6 Å². The molecule has 2 rings (SSSR count). The Hall–Kier alpha value is -1.06. The third-order valence-corrected chi connectivity index (χ3v) is 3.42. The summed E-state index contributed by atoms with van der Waals surface area (Å²) in [7, 11) is 1.54. The van der Waals surface area contributed by atoms with Crippen LogP contribution in [0.15, 0.2) is 18.2 Å². The first-order valence-electron chi connectivity index (χ1n) is 6.19. The predicted molar refractivity (Wildman–Crippen MR) is 70.5 cm³/mol. The van der Waals surface area contributed by atoms with Crippen molar-refractivity contribution in [3.8, 4) is 5.75 Å². The molecule has 0 radical (unpaired) electrons. The number of rotatable bonds is 5. The zero-order chi connectivity index (χ0) is 13.0. The molecule has 18 heavy (non-hydrogen) atoms. The highest BCUT2D eigenvalue weighted by atomic mass is 35.5. The number of halogens is 1. The quantitative estimate of drug-likeness (QED) is 0.767. The molecule has 1 saturated heterocycles. The van der Waals surface area contributed by atoms with E-state index >= 15 is 0 Å². The van der Waals surface area contributed by atoms with Gasteiger partial charge >= 0.3 is 0 Å². The second-order valence-corrected chi connectivity index (χ2v) is 4.88. The van der Waals surface area contributed by atoms with Gasteiger partial charge in [-0.2, -0.15) is 0 Å². The Morgan fingerprint density at radius 3 is 3.06 bits per heavy atom. The summed E-state index contributed by atoms with van der Waals surface area (Å²) in [5, 5.41) is 0.572. The second-order valence-electron chi connectivity index (χ2n) is 4.44. The van der Waals surface area contributed by atoms with Gasteiger partial charge in [0.05, 0.1) is 18.8 Å². The van der Waals surface area contributed by atoms with Crippen LogP contribution in [0.3, 0.4) is 0 Å². The lowest BCUT2D eigenvalue weighted by Crippen LogP contribution is -2.09. The van der Waals surface area contributed by atoms with Crippen LogP contribution in [0.25, 0.3) is 0 Å². The third kappa shape index (κ3) is 3.24. The molecule has 1 aromatic carbocycles. The first-order chi connectivity index (χ1) is 8.70. The zero-order valence-electron chi connectivity index (χ0n) is 10.4. The van der Waals surface area contributed by atoms with Crippen LogP contribution in [0, 0.1) is 0 Å². The van der Waals surface area contributed by atoms with Gasteiger partial charge in [0.1, 0.15) is 5.75 Å². The van der Waals surface area contributed by atoms with Gasteiger partial charge in [0, 0.05) is 18.1 Å². The van der Waals surface area contributed by atoms with Crippen molar-refractivity contribution in [2.75, 3.05) is 13.7 Å². The average molecular weight is 269 g/mol. The van der Waals surface area contributed by atoms with Crippen molar-refractivity contribution >= 4 is 17.4 Å². The van der Waals surface area contributed by atoms with Gasteiger partial charge < -0.3 is 9.47 Å². The molecule has 0 bridgehead atoms. The Morgan fingerprint density at radius 1 is 1.56 bits per heavy atom. The zero-order valence-corrected chi connectivity index (χ0v) is 11.2.